The van der Waals surface area contributed by atoms with Gasteiger partial charge in [-0.05, 0) is 6.07 Å². The van der Waals surface area contributed by atoms with E-state index < -0.39 is 6.04 Å². The van der Waals surface area contributed by atoms with E-state index in [9.17, 15) is 14.4 Å². The number of benzene rings is 1. The summed E-state index contributed by atoms with van der Waals surface area (Å²) in [5.41, 5.74) is 1.50. The molecule has 8 heteroatoms. The zero-order valence-electron chi connectivity index (χ0n) is 16.5. The number of hydrogen-bond donors (Lipinski definition) is 1. The molecule has 1 aromatic carbocycles. The van der Waals surface area contributed by atoms with Gasteiger partial charge >= 0.3 is 0 Å². The molecular weight excluding hydrogens is 360 g/mol. The smallest absolute Gasteiger partial charge is 0.256 e. The molecule has 0 spiro atoms. The third-order valence-corrected chi connectivity index (χ3v) is 5.19. The second-order valence-electron chi connectivity index (χ2n) is 6.84. The monoisotopic (exact) mass is 386 g/mol. The number of rotatable bonds is 5. The van der Waals surface area contributed by atoms with Crippen LogP contribution in [0.5, 0.6) is 0 Å². The lowest BCUT2D eigenvalue weighted by atomic mass is 10.1. The van der Waals surface area contributed by atoms with Crippen molar-refractivity contribution in [3.05, 3.63) is 36.0 Å². The van der Waals surface area contributed by atoms with Crippen molar-refractivity contribution in [3.8, 4) is 0 Å². The van der Waals surface area contributed by atoms with Crippen LogP contribution >= 0.6 is 0 Å². The van der Waals surface area contributed by atoms with Gasteiger partial charge in [-0.3, -0.25) is 14.4 Å². The average Bonchev–Trinajstić information content (AvgIpc) is 3.09. The number of carbonyl (C=O) groups is 3. The van der Waals surface area contributed by atoms with Crippen LogP contribution in [0.3, 0.4) is 0 Å². The van der Waals surface area contributed by atoms with Gasteiger partial charge in [-0.25, -0.2) is 0 Å². The number of carbonyl (C=O) groups excluding carboxylic acids is 3. The first-order valence-electron chi connectivity index (χ1n) is 9.32. The first kappa shape index (κ1) is 19.9. The summed E-state index contributed by atoms with van der Waals surface area (Å²) < 4.78 is 7.16. The van der Waals surface area contributed by atoms with Crippen molar-refractivity contribution in [2.75, 3.05) is 40.4 Å². The fraction of sp³-hybridized carbons (Fsp3) is 0.450. The van der Waals surface area contributed by atoms with Crippen LogP contribution in [0.4, 0.5) is 0 Å². The lowest BCUT2D eigenvalue weighted by molar-refractivity contribution is -0.135. The Kier molecular flexibility index (Phi) is 5.99. The predicted octanol–water partition coefficient (Wildman–Crippen LogP) is 0.707. The van der Waals surface area contributed by atoms with E-state index >= 15 is 0 Å². The summed E-state index contributed by atoms with van der Waals surface area (Å²) in [7, 11) is 3.18. The molecule has 1 unspecified atom stereocenters. The van der Waals surface area contributed by atoms with Gasteiger partial charge < -0.3 is 24.4 Å². The summed E-state index contributed by atoms with van der Waals surface area (Å²) >= 11 is 0. The molecule has 1 aromatic heterocycles. The van der Waals surface area contributed by atoms with Crippen LogP contribution in [-0.4, -0.2) is 78.5 Å². The van der Waals surface area contributed by atoms with E-state index in [4.69, 9.17) is 4.74 Å². The standard InChI is InChI=1S/C20H26N4O4/c1-14(25)22-8-9-24(18(13-22)19(26)21-2)20(27)16-12-23(10-11-28-3)17-7-5-4-6-15(16)17/h4-7,12,18H,8-11,13H2,1-3H3,(H,21,26). The maximum atomic E-state index is 13.4. The van der Waals surface area contributed by atoms with E-state index in [1.54, 1.807) is 16.9 Å². The molecule has 2 aromatic rings. The zero-order chi connectivity index (χ0) is 20.3. The molecule has 1 aliphatic rings. The highest BCUT2D eigenvalue weighted by atomic mass is 16.5. The number of methoxy groups -OCH3 is 1. The number of amides is 3. The summed E-state index contributed by atoms with van der Waals surface area (Å²) in [6.45, 7) is 3.56. The van der Waals surface area contributed by atoms with Crippen LogP contribution in [0.1, 0.15) is 17.3 Å². The Balaban J connectivity index is 1.96. The van der Waals surface area contributed by atoms with Crippen molar-refractivity contribution in [2.24, 2.45) is 0 Å². The van der Waals surface area contributed by atoms with E-state index in [2.05, 4.69) is 5.32 Å². The van der Waals surface area contributed by atoms with E-state index in [0.29, 0.717) is 31.8 Å². The summed E-state index contributed by atoms with van der Waals surface area (Å²) in [6, 6.07) is 6.98. The van der Waals surface area contributed by atoms with Gasteiger partial charge in [-0.1, -0.05) is 18.2 Å². The minimum atomic E-state index is -0.712. The van der Waals surface area contributed by atoms with Crippen molar-refractivity contribution in [2.45, 2.75) is 19.5 Å². The van der Waals surface area contributed by atoms with Gasteiger partial charge in [0, 0.05) is 57.8 Å². The highest BCUT2D eigenvalue weighted by Gasteiger charge is 2.37. The number of para-hydroxylation sites is 1. The summed E-state index contributed by atoms with van der Waals surface area (Å²) in [5.74, 6) is -0.580. The molecule has 8 nitrogen and oxygen atoms in total. The van der Waals surface area contributed by atoms with Crippen LogP contribution in [0.25, 0.3) is 10.9 Å². The molecule has 2 heterocycles. The minimum Gasteiger partial charge on any atom is -0.383 e. The zero-order valence-corrected chi connectivity index (χ0v) is 16.5. The molecule has 0 saturated carbocycles. The second kappa shape index (κ2) is 8.43. The molecule has 1 aliphatic heterocycles. The normalized spacial score (nSPS) is 17.0. The molecule has 3 amide bonds. The van der Waals surface area contributed by atoms with E-state index in [0.717, 1.165) is 10.9 Å². The first-order valence-corrected chi connectivity index (χ1v) is 9.32. The minimum absolute atomic E-state index is 0.0998. The fourth-order valence-electron chi connectivity index (χ4n) is 3.65. The molecular formula is C20H26N4O4. The second-order valence-corrected chi connectivity index (χ2v) is 6.84. The Morgan fingerprint density at radius 2 is 1.96 bits per heavy atom. The van der Waals surface area contributed by atoms with Gasteiger partial charge in [-0.15, -0.1) is 0 Å². The lowest BCUT2D eigenvalue weighted by Gasteiger charge is -2.40. The Labute approximate surface area is 164 Å². The average molecular weight is 386 g/mol. The summed E-state index contributed by atoms with van der Waals surface area (Å²) in [4.78, 5) is 40.8. The SMILES string of the molecule is CNC(=O)C1CN(C(C)=O)CCN1C(=O)c1cn(CCOC)c2ccccc12. The van der Waals surface area contributed by atoms with Crippen LogP contribution in [0.2, 0.25) is 0 Å². The number of hydrogen-bond acceptors (Lipinski definition) is 4. The predicted molar refractivity (Wildman–Crippen MR) is 105 cm³/mol. The largest absolute Gasteiger partial charge is 0.383 e. The molecule has 1 fully saturated rings. The first-order chi connectivity index (χ1) is 13.5. The van der Waals surface area contributed by atoms with Crippen LogP contribution < -0.4 is 5.32 Å². The number of fused-ring (bicyclic) bond motifs is 1. The van der Waals surface area contributed by atoms with Crippen molar-refractivity contribution in [1.29, 1.82) is 0 Å². The molecule has 150 valence electrons. The number of nitrogens with one attached hydrogen (secondary N) is 1. The highest BCUT2D eigenvalue weighted by molar-refractivity contribution is 6.08. The number of ether oxygens (including phenoxy) is 1. The van der Waals surface area contributed by atoms with Crippen molar-refractivity contribution >= 4 is 28.6 Å². The van der Waals surface area contributed by atoms with Gasteiger partial charge in [0.15, 0.2) is 0 Å². The van der Waals surface area contributed by atoms with Crippen LogP contribution in [0, 0.1) is 0 Å². The summed E-state index contributed by atoms with van der Waals surface area (Å²) in [6.07, 6.45) is 1.82. The molecule has 1 saturated heterocycles. The summed E-state index contributed by atoms with van der Waals surface area (Å²) in [5, 5.41) is 3.45. The van der Waals surface area contributed by atoms with Crippen molar-refractivity contribution in [1.82, 2.24) is 19.7 Å². The number of piperazine rings is 1. The molecule has 0 aliphatic carbocycles. The third-order valence-electron chi connectivity index (χ3n) is 5.19. The molecule has 0 bridgehead atoms. The Hall–Kier alpha value is -2.87. The van der Waals surface area contributed by atoms with E-state index in [-0.39, 0.29) is 24.3 Å². The van der Waals surface area contributed by atoms with Crippen molar-refractivity contribution < 1.29 is 19.1 Å². The van der Waals surface area contributed by atoms with Crippen LogP contribution in [0.15, 0.2) is 30.5 Å². The van der Waals surface area contributed by atoms with E-state index in [1.807, 2.05) is 35.0 Å². The molecule has 3 rings (SSSR count). The Morgan fingerprint density at radius 1 is 1.21 bits per heavy atom. The van der Waals surface area contributed by atoms with Gasteiger partial charge in [-0.2, -0.15) is 0 Å². The van der Waals surface area contributed by atoms with Gasteiger partial charge in [0.05, 0.1) is 18.7 Å². The number of aromatic nitrogens is 1. The Morgan fingerprint density at radius 3 is 2.64 bits per heavy atom. The maximum Gasteiger partial charge on any atom is 0.256 e. The fourth-order valence-corrected chi connectivity index (χ4v) is 3.65. The molecule has 0 radical (unpaired) electrons. The topological polar surface area (TPSA) is 83.9 Å². The number of likely N-dealkylation sites (N-methyl/N-ethyl adjacent to an activating group) is 1. The number of nitrogens with zero attached hydrogens (tertiary/aromatic N) is 3. The Bertz CT molecular complexity index is 891. The lowest BCUT2D eigenvalue weighted by Crippen LogP contribution is -2.61. The highest BCUT2D eigenvalue weighted by Crippen LogP contribution is 2.24. The van der Waals surface area contributed by atoms with Crippen LogP contribution in [-0.2, 0) is 20.9 Å². The molecule has 1 atom stereocenters. The molecule has 28 heavy (non-hydrogen) atoms. The van der Waals surface area contributed by atoms with Gasteiger partial charge in [0.2, 0.25) is 11.8 Å². The molecule has 1 N–H and O–H groups in total. The van der Waals surface area contributed by atoms with Gasteiger partial charge in [0.1, 0.15) is 6.04 Å². The quantitative estimate of drug-likeness (QED) is 0.820. The third kappa shape index (κ3) is 3.73. The van der Waals surface area contributed by atoms with Crippen molar-refractivity contribution in [3.63, 3.8) is 0 Å². The van der Waals surface area contributed by atoms with E-state index in [1.165, 1.54) is 14.0 Å². The maximum absolute atomic E-state index is 13.4. The van der Waals surface area contributed by atoms with Gasteiger partial charge in [0.25, 0.3) is 5.91 Å².